The molecule has 0 aliphatic heterocycles. The van der Waals surface area contributed by atoms with Crippen LogP contribution in [0.3, 0.4) is 0 Å². The summed E-state index contributed by atoms with van der Waals surface area (Å²) in [6.07, 6.45) is 0. The van der Waals surface area contributed by atoms with Gasteiger partial charge in [0.05, 0.1) is 23.6 Å². The van der Waals surface area contributed by atoms with E-state index in [2.05, 4.69) is 4.98 Å². The first-order valence-corrected chi connectivity index (χ1v) is 7.97. The molecule has 0 spiro atoms. The average molecular weight is 335 g/mol. The maximum Gasteiger partial charge on any atom is 0.339 e. The SMILES string of the molecule is COC(=O)c1c(C)[nH]c(C(=O)[C@@H](C)Sc2ccc(F)cc2)c1C. The maximum atomic E-state index is 12.9. The number of Topliss-reactive ketones (excluding diaryl/α,β-unsaturated/α-hetero) is 1. The van der Waals surface area contributed by atoms with E-state index in [1.807, 2.05) is 0 Å². The number of aromatic amines is 1. The number of benzene rings is 1. The summed E-state index contributed by atoms with van der Waals surface area (Å²) in [5.41, 5.74) is 2.00. The standard InChI is InChI=1S/C17H18FNO3S/c1-9-14(17(21)22-4)10(2)19-15(9)16(20)11(3)23-13-7-5-12(18)6-8-13/h5-8,11,19H,1-4H3/t11-/m1/s1. The zero-order valence-corrected chi connectivity index (χ0v) is 14.2. The zero-order valence-electron chi connectivity index (χ0n) is 13.4. The van der Waals surface area contributed by atoms with Crippen molar-refractivity contribution < 1.29 is 18.7 Å². The van der Waals surface area contributed by atoms with E-state index in [0.29, 0.717) is 22.5 Å². The van der Waals surface area contributed by atoms with Crippen LogP contribution in [0.1, 0.15) is 39.0 Å². The van der Waals surface area contributed by atoms with Crippen molar-refractivity contribution in [1.29, 1.82) is 0 Å². The Kier molecular flexibility index (Phi) is 5.26. The number of aromatic nitrogens is 1. The summed E-state index contributed by atoms with van der Waals surface area (Å²) in [7, 11) is 1.31. The second kappa shape index (κ2) is 7.00. The summed E-state index contributed by atoms with van der Waals surface area (Å²) in [5, 5.41) is -0.372. The second-order valence-electron chi connectivity index (χ2n) is 5.19. The van der Waals surface area contributed by atoms with Gasteiger partial charge >= 0.3 is 5.97 Å². The fraction of sp³-hybridized carbons (Fsp3) is 0.294. The minimum atomic E-state index is -0.464. The average Bonchev–Trinajstić information content (AvgIpc) is 2.82. The fourth-order valence-electron chi connectivity index (χ4n) is 2.38. The van der Waals surface area contributed by atoms with Crippen LogP contribution in [0, 0.1) is 19.7 Å². The van der Waals surface area contributed by atoms with E-state index < -0.39 is 5.97 Å². The molecule has 0 radical (unpaired) electrons. The van der Waals surface area contributed by atoms with Crippen molar-refractivity contribution in [2.45, 2.75) is 30.9 Å². The monoisotopic (exact) mass is 335 g/mol. The summed E-state index contributed by atoms with van der Waals surface area (Å²) < 4.78 is 17.7. The predicted octanol–water partition coefficient (Wildman–Crippen LogP) is 3.92. The molecule has 122 valence electrons. The lowest BCUT2D eigenvalue weighted by atomic mass is 10.1. The number of H-pyrrole nitrogens is 1. The highest BCUT2D eigenvalue weighted by molar-refractivity contribution is 8.00. The number of hydrogen-bond acceptors (Lipinski definition) is 4. The Labute approximate surface area is 138 Å². The van der Waals surface area contributed by atoms with Gasteiger partial charge in [0, 0.05) is 10.6 Å². The minimum absolute atomic E-state index is 0.116. The van der Waals surface area contributed by atoms with Crippen LogP contribution >= 0.6 is 11.8 Å². The number of rotatable bonds is 5. The van der Waals surface area contributed by atoms with Gasteiger partial charge in [-0.2, -0.15) is 0 Å². The molecular weight excluding hydrogens is 317 g/mol. The Morgan fingerprint density at radius 3 is 2.39 bits per heavy atom. The molecule has 4 nitrogen and oxygen atoms in total. The topological polar surface area (TPSA) is 59.2 Å². The molecule has 1 aromatic carbocycles. The van der Waals surface area contributed by atoms with Gasteiger partial charge in [-0.05, 0) is 50.6 Å². The number of carbonyl (C=O) groups excluding carboxylic acids is 2. The molecule has 2 rings (SSSR count). The van der Waals surface area contributed by atoms with Gasteiger partial charge < -0.3 is 9.72 Å². The Morgan fingerprint density at radius 1 is 1.22 bits per heavy atom. The van der Waals surface area contributed by atoms with Crippen molar-refractivity contribution in [2.24, 2.45) is 0 Å². The van der Waals surface area contributed by atoms with Crippen LogP contribution in [0.5, 0.6) is 0 Å². The maximum absolute atomic E-state index is 12.9. The number of methoxy groups -OCH3 is 1. The van der Waals surface area contributed by atoms with Crippen LogP contribution in [0.2, 0.25) is 0 Å². The molecule has 23 heavy (non-hydrogen) atoms. The molecule has 1 aromatic heterocycles. The van der Waals surface area contributed by atoms with Crippen molar-refractivity contribution in [1.82, 2.24) is 4.98 Å². The van der Waals surface area contributed by atoms with Gasteiger partial charge in [-0.15, -0.1) is 11.8 Å². The third kappa shape index (κ3) is 3.64. The molecule has 0 saturated heterocycles. The molecule has 1 N–H and O–H groups in total. The quantitative estimate of drug-likeness (QED) is 0.511. The lowest BCUT2D eigenvalue weighted by Crippen LogP contribution is -2.15. The number of ether oxygens (including phenoxy) is 1. The number of ketones is 1. The Balaban J connectivity index is 2.23. The lowest BCUT2D eigenvalue weighted by Gasteiger charge is -2.10. The van der Waals surface area contributed by atoms with Crippen molar-refractivity contribution >= 4 is 23.5 Å². The summed E-state index contributed by atoms with van der Waals surface area (Å²) in [5.74, 6) is -0.892. The Bertz CT molecular complexity index is 737. The van der Waals surface area contributed by atoms with Crippen LogP contribution in [0.4, 0.5) is 4.39 Å². The van der Waals surface area contributed by atoms with Crippen LogP contribution in [-0.4, -0.2) is 29.1 Å². The summed E-state index contributed by atoms with van der Waals surface area (Å²) >= 11 is 1.34. The number of thioether (sulfide) groups is 1. The molecule has 0 amide bonds. The number of hydrogen-bond donors (Lipinski definition) is 1. The zero-order chi connectivity index (χ0) is 17.1. The Morgan fingerprint density at radius 2 is 1.83 bits per heavy atom. The molecule has 0 unspecified atom stereocenters. The molecule has 6 heteroatoms. The van der Waals surface area contributed by atoms with Gasteiger partial charge in [-0.3, -0.25) is 4.79 Å². The van der Waals surface area contributed by atoms with Gasteiger partial charge in [0.1, 0.15) is 5.82 Å². The first kappa shape index (κ1) is 17.3. The normalized spacial score (nSPS) is 12.0. The molecule has 0 saturated carbocycles. The highest BCUT2D eigenvalue weighted by Crippen LogP contribution is 2.28. The third-order valence-corrected chi connectivity index (χ3v) is 4.68. The molecule has 0 aliphatic carbocycles. The largest absolute Gasteiger partial charge is 0.465 e. The molecule has 1 heterocycles. The van der Waals surface area contributed by atoms with Gasteiger partial charge in [-0.1, -0.05) is 0 Å². The molecule has 1 atom stereocenters. The van der Waals surface area contributed by atoms with Crippen LogP contribution in [0.25, 0.3) is 0 Å². The van der Waals surface area contributed by atoms with E-state index in [9.17, 15) is 14.0 Å². The highest BCUT2D eigenvalue weighted by atomic mass is 32.2. The number of carbonyl (C=O) groups is 2. The van der Waals surface area contributed by atoms with Gasteiger partial charge in [0.2, 0.25) is 0 Å². The number of halogens is 1. The van der Waals surface area contributed by atoms with E-state index in [1.54, 1.807) is 32.9 Å². The van der Waals surface area contributed by atoms with Gasteiger partial charge in [0.15, 0.2) is 5.78 Å². The summed E-state index contributed by atoms with van der Waals surface area (Å²) in [6.45, 7) is 5.23. The van der Waals surface area contributed by atoms with E-state index in [0.717, 1.165) is 4.90 Å². The predicted molar refractivity (Wildman–Crippen MR) is 87.7 cm³/mol. The fourth-order valence-corrected chi connectivity index (χ4v) is 3.31. The van der Waals surface area contributed by atoms with E-state index in [-0.39, 0.29) is 16.9 Å². The molecule has 0 aliphatic rings. The van der Waals surface area contributed by atoms with Crippen LogP contribution < -0.4 is 0 Å². The first-order chi connectivity index (χ1) is 10.8. The van der Waals surface area contributed by atoms with Gasteiger partial charge in [-0.25, -0.2) is 9.18 Å². The minimum Gasteiger partial charge on any atom is -0.465 e. The first-order valence-electron chi connectivity index (χ1n) is 7.09. The third-order valence-electron chi connectivity index (χ3n) is 3.57. The van der Waals surface area contributed by atoms with Gasteiger partial charge in [0.25, 0.3) is 0 Å². The van der Waals surface area contributed by atoms with Crippen LogP contribution in [-0.2, 0) is 4.74 Å². The molecule has 0 bridgehead atoms. The van der Waals surface area contributed by atoms with E-state index in [1.165, 1.54) is 31.0 Å². The molecule has 2 aromatic rings. The number of nitrogens with one attached hydrogen (secondary N) is 1. The van der Waals surface area contributed by atoms with Crippen molar-refractivity contribution in [3.63, 3.8) is 0 Å². The van der Waals surface area contributed by atoms with Crippen LogP contribution in [0.15, 0.2) is 29.2 Å². The molecule has 0 fully saturated rings. The smallest absolute Gasteiger partial charge is 0.339 e. The van der Waals surface area contributed by atoms with E-state index >= 15 is 0 Å². The Hall–Kier alpha value is -2.08. The number of esters is 1. The lowest BCUT2D eigenvalue weighted by molar-refractivity contribution is 0.0599. The van der Waals surface area contributed by atoms with Crippen molar-refractivity contribution in [3.8, 4) is 0 Å². The second-order valence-corrected chi connectivity index (χ2v) is 6.61. The summed E-state index contributed by atoms with van der Waals surface area (Å²) in [4.78, 5) is 28.2. The number of aryl methyl sites for hydroxylation is 1. The highest BCUT2D eigenvalue weighted by Gasteiger charge is 2.25. The summed E-state index contributed by atoms with van der Waals surface area (Å²) in [6, 6.07) is 5.99. The van der Waals surface area contributed by atoms with Crippen molar-refractivity contribution in [3.05, 3.63) is 52.6 Å². The van der Waals surface area contributed by atoms with E-state index in [4.69, 9.17) is 4.74 Å². The molecular formula is C17H18FNO3S. The van der Waals surface area contributed by atoms with Crippen molar-refractivity contribution in [2.75, 3.05) is 7.11 Å².